The van der Waals surface area contributed by atoms with Crippen LogP contribution in [0.2, 0.25) is 5.02 Å². The molecule has 1 aromatic heterocycles. The van der Waals surface area contributed by atoms with Crippen LogP contribution in [0.1, 0.15) is 33.7 Å². The van der Waals surface area contributed by atoms with Gasteiger partial charge in [0.1, 0.15) is 5.76 Å². The van der Waals surface area contributed by atoms with Crippen LogP contribution in [0.25, 0.3) is 0 Å². The van der Waals surface area contributed by atoms with E-state index in [1.165, 1.54) is 17.2 Å². The third-order valence-corrected chi connectivity index (χ3v) is 4.51. The van der Waals surface area contributed by atoms with Crippen LogP contribution < -0.4 is 4.90 Å². The number of aliphatic hydroxyl groups is 1. The Balaban J connectivity index is 2.04. The number of fused-ring (bicyclic) bond motifs is 1. The Morgan fingerprint density at radius 3 is 2.70 bits per heavy atom. The fourth-order valence-electron chi connectivity index (χ4n) is 3.11. The highest BCUT2D eigenvalue weighted by Crippen LogP contribution is 2.43. The van der Waals surface area contributed by atoms with E-state index < -0.39 is 11.5 Å². The SMILES string of the molecule is Cc1coc(C)c1C(=O)C[C@]1(O)C(=O)N(C)c2ccc(Cl)cc21. The number of ketones is 1. The van der Waals surface area contributed by atoms with E-state index in [2.05, 4.69) is 0 Å². The Hall–Kier alpha value is -2.11. The number of hydrogen-bond donors (Lipinski definition) is 1. The molecule has 1 aromatic carbocycles. The van der Waals surface area contributed by atoms with E-state index in [1.54, 1.807) is 33.0 Å². The fraction of sp³-hybridized carbons (Fsp3) is 0.294. The molecule has 0 unspecified atom stereocenters. The number of likely N-dealkylation sites (N-methyl/N-ethyl adjacent to an activating group) is 1. The minimum atomic E-state index is -1.91. The van der Waals surface area contributed by atoms with Crippen molar-refractivity contribution in [1.82, 2.24) is 0 Å². The van der Waals surface area contributed by atoms with Crippen molar-refractivity contribution in [3.05, 3.63) is 51.9 Å². The number of anilines is 1. The molecule has 3 rings (SSSR count). The van der Waals surface area contributed by atoms with Gasteiger partial charge >= 0.3 is 0 Å². The summed E-state index contributed by atoms with van der Waals surface area (Å²) < 4.78 is 5.23. The summed E-state index contributed by atoms with van der Waals surface area (Å²) in [6, 6.07) is 4.83. The van der Waals surface area contributed by atoms with Crippen LogP contribution in [0, 0.1) is 13.8 Å². The van der Waals surface area contributed by atoms with Crippen molar-refractivity contribution in [2.45, 2.75) is 25.9 Å². The minimum absolute atomic E-state index is 0.342. The predicted molar refractivity (Wildman–Crippen MR) is 85.9 cm³/mol. The van der Waals surface area contributed by atoms with Gasteiger partial charge in [-0.1, -0.05) is 11.6 Å². The summed E-state index contributed by atoms with van der Waals surface area (Å²) in [7, 11) is 1.56. The molecule has 1 aliphatic rings. The summed E-state index contributed by atoms with van der Waals surface area (Å²) in [5.41, 5.74) is 0.0768. The highest BCUT2D eigenvalue weighted by molar-refractivity contribution is 6.31. The second-order valence-electron chi connectivity index (χ2n) is 5.84. The Bertz CT molecular complexity index is 806. The van der Waals surface area contributed by atoms with Crippen molar-refractivity contribution in [3.8, 4) is 0 Å². The number of nitrogens with zero attached hydrogens (tertiary/aromatic N) is 1. The Morgan fingerprint density at radius 2 is 2.09 bits per heavy atom. The Morgan fingerprint density at radius 1 is 1.39 bits per heavy atom. The van der Waals surface area contributed by atoms with Crippen LogP contribution in [0.4, 0.5) is 5.69 Å². The number of hydrogen-bond acceptors (Lipinski definition) is 4. The van der Waals surface area contributed by atoms with Crippen molar-refractivity contribution < 1.29 is 19.1 Å². The van der Waals surface area contributed by atoms with Crippen LogP contribution >= 0.6 is 11.6 Å². The number of furan rings is 1. The zero-order valence-electron chi connectivity index (χ0n) is 13.0. The van der Waals surface area contributed by atoms with Gasteiger partial charge in [-0.2, -0.15) is 0 Å². The van der Waals surface area contributed by atoms with Crippen molar-refractivity contribution in [1.29, 1.82) is 0 Å². The van der Waals surface area contributed by atoms with Crippen molar-refractivity contribution in [2.24, 2.45) is 0 Å². The molecule has 6 heteroatoms. The van der Waals surface area contributed by atoms with Crippen molar-refractivity contribution >= 4 is 29.0 Å². The molecule has 0 fully saturated rings. The maximum Gasteiger partial charge on any atom is 0.263 e. The van der Waals surface area contributed by atoms with E-state index >= 15 is 0 Å². The van der Waals surface area contributed by atoms with E-state index in [0.717, 1.165) is 0 Å². The monoisotopic (exact) mass is 333 g/mol. The second kappa shape index (κ2) is 5.22. The summed E-state index contributed by atoms with van der Waals surface area (Å²) in [6.07, 6.45) is 1.13. The molecule has 23 heavy (non-hydrogen) atoms. The van der Waals surface area contributed by atoms with E-state index in [1.807, 2.05) is 0 Å². The molecular formula is C17H16ClNO4. The van der Waals surface area contributed by atoms with E-state index in [9.17, 15) is 14.7 Å². The van der Waals surface area contributed by atoms with Gasteiger partial charge in [-0.05, 0) is 37.6 Å². The number of carbonyl (C=O) groups excluding carboxylic acids is 2. The summed E-state index contributed by atoms with van der Waals surface area (Å²) in [6.45, 7) is 3.43. The first kappa shape index (κ1) is 15.8. The first-order valence-corrected chi connectivity index (χ1v) is 7.52. The average molecular weight is 334 g/mol. The lowest BCUT2D eigenvalue weighted by molar-refractivity contribution is -0.135. The van der Waals surface area contributed by atoms with Gasteiger partial charge < -0.3 is 14.4 Å². The molecule has 0 spiro atoms. The predicted octanol–water partition coefficient (Wildman–Crippen LogP) is 2.99. The lowest BCUT2D eigenvalue weighted by atomic mass is 9.87. The number of amides is 1. The molecule has 0 radical (unpaired) electrons. The largest absolute Gasteiger partial charge is 0.469 e. The second-order valence-corrected chi connectivity index (χ2v) is 6.27. The maximum atomic E-state index is 12.6. The number of aryl methyl sites for hydroxylation is 2. The molecule has 1 N–H and O–H groups in total. The Kier molecular flexibility index (Phi) is 3.58. The van der Waals surface area contributed by atoms with Gasteiger partial charge in [0.05, 0.1) is 23.9 Å². The first-order valence-electron chi connectivity index (χ1n) is 7.14. The van der Waals surface area contributed by atoms with Gasteiger partial charge in [0.15, 0.2) is 11.4 Å². The molecular weight excluding hydrogens is 318 g/mol. The summed E-state index contributed by atoms with van der Waals surface area (Å²) in [5, 5.41) is 11.4. The van der Waals surface area contributed by atoms with Crippen LogP contribution in [-0.4, -0.2) is 23.8 Å². The van der Waals surface area contributed by atoms with Crippen molar-refractivity contribution in [2.75, 3.05) is 11.9 Å². The zero-order chi connectivity index (χ0) is 16.9. The standard InChI is InChI=1S/C17H16ClNO4/c1-9-8-23-10(2)15(9)14(20)7-17(22)12-6-11(18)4-5-13(12)19(3)16(17)21/h4-6,8,22H,7H2,1-3H3/t17-/m1/s1. The molecule has 0 aliphatic carbocycles. The van der Waals surface area contributed by atoms with E-state index in [4.69, 9.17) is 16.0 Å². The van der Waals surface area contributed by atoms with Gasteiger partial charge in [-0.25, -0.2) is 0 Å². The lowest BCUT2D eigenvalue weighted by Crippen LogP contribution is -2.40. The normalized spacial score (nSPS) is 20.0. The van der Waals surface area contributed by atoms with Gasteiger partial charge in [-0.15, -0.1) is 0 Å². The molecule has 0 saturated carbocycles. The molecule has 5 nitrogen and oxygen atoms in total. The smallest absolute Gasteiger partial charge is 0.263 e. The quantitative estimate of drug-likeness (QED) is 0.877. The summed E-state index contributed by atoms with van der Waals surface area (Å²) in [5.74, 6) is -0.408. The van der Waals surface area contributed by atoms with Crippen LogP contribution in [0.5, 0.6) is 0 Å². The van der Waals surface area contributed by atoms with Gasteiger partial charge in [0.2, 0.25) is 0 Å². The van der Waals surface area contributed by atoms with Gasteiger partial charge in [0, 0.05) is 17.6 Å². The van der Waals surface area contributed by atoms with Crippen molar-refractivity contribution in [3.63, 3.8) is 0 Å². The van der Waals surface area contributed by atoms with Crippen LogP contribution in [0.3, 0.4) is 0 Å². The third-order valence-electron chi connectivity index (χ3n) is 4.28. The average Bonchev–Trinajstić information content (AvgIpc) is 2.91. The lowest BCUT2D eigenvalue weighted by Gasteiger charge is -2.21. The first-order chi connectivity index (χ1) is 10.8. The Labute approximate surface area is 138 Å². The fourth-order valence-corrected chi connectivity index (χ4v) is 3.29. The third kappa shape index (κ3) is 2.28. The number of rotatable bonds is 3. The molecule has 1 amide bonds. The topological polar surface area (TPSA) is 70.7 Å². The minimum Gasteiger partial charge on any atom is -0.469 e. The summed E-state index contributed by atoms with van der Waals surface area (Å²) in [4.78, 5) is 26.5. The van der Waals surface area contributed by atoms with E-state index in [0.29, 0.717) is 33.2 Å². The highest BCUT2D eigenvalue weighted by atomic mass is 35.5. The summed E-state index contributed by atoms with van der Waals surface area (Å²) >= 11 is 5.99. The molecule has 2 heterocycles. The van der Waals surface area contributed by atoms with Gasteiger partial charge in [-0.3, -0.25) is 9.59 Å². The molecule has 0 bridgehead atoms. The molecule has 2 aromatic rings. The maximum absolute atomic E-state index is 12.6. The zero-order valence-corrected chi connectivity index (χ0v) is 13.8. The van der Waals surface area contributed by atoms with Crippen LogP contribution in [-0.2, 0) is 10.4 Å². The number of carbonyl (C=O) groups is 2. The highest BCUT2D eigenvalue weighted by Gasteiger charge is 2.50. The number of halogens is 1. The molecule has 1 aliphatic heterocycles. The van der Waals surface area contributed by atoms with E-state index in [-0.39, 0.29) is 12.2 Å². The number of Topliss-reactive ketones (excluding diaryl/α,β-unsaturated/α-hetero) is 1. The number of benzene rings is 1. The molecule has 120 valence electrons. The molecule has 1 atom stereocenters. The van der Waals surface area contributed by atoms with Crippen LogP contribution in [0.15, 0.2) is 28.9 Å². The molecule has 0 saturated heterocycles. The van der Waals surface area contributed by atoms with Gasteiger partial charge in [0.25, 0.3) is 5.91 Å².